The quantitative estimate of drug-likeness (QED) is 0.729. The SMILES string of the molecule is CCCCS(=O)(=O)NC1CC2C=CC1C2. The lowest BCUT2D eigenvalue weighted by Crippen LogP contribution is -2.38. The van der Waals surface area contributed by atoms with Crippen molar-refractivity contribution in [1.82, 2.24) is 4.72 Å². The van der Waals surface area contributed by atoms with Gasteiger partial charge in [0.2, 0.25) is 10.0 Å². The zero-order valence-corrected chi connectivity index (χ0v) is 9.96. The van der Waals surface area contributed by atoms with Gasteiger partial charge in [-0.1, -0.05) is 25.5 Å². The zero-order chi connectivity index (χ0) is 10.9. The second-order valence-corrected chi connectivity index (χ2v) is 6.55. The highest BCUT2D eigenvalue weighted by atomic mass is 32.2. The molecule has 1 N–H and O–H groups in total. The van der Waals surface area contributed by atoms with Crippen molar-refractivity contribution in [2.75, 3.05) is 5.75 Å². The molecule has 3 unspecified atom stereocenters. The van der Waals surface area contributed by atoms with Crippen molar-refractivity contribution in [3.63, 3.8) is 0 Å². The summed E-state index contributed by atoms with van der Waals surface area (Å²) in [5.74, 6) is 1.35. The second kappa shape index (κ2) is 4.26. The first kappa shape index (κ1) is 11.1. The van der Waals surface area contributed by atoms with Gasteiger partial charge in [-0.25, -0.2) is 13.1 Å². The van der Waals surface area contributed by atoms with E-state index in [0.717, 1.165) is 25.7 Å². The first-order chi connectivity index (χ1) is 7.11. The average Bonchev–Trinajstić information content (AvgIpc) is 2.75. The van der Waals surface area contributed by atoms with Crippen molar-refractivity contribution in [2.24, 2.45) is 11.8 Å². The minimum Gasteiger partial charge on any atom is -0.212 e. The van der Waals surface area contributed by atoms with Crippen LogP contribution in [0.5, 0.6) is 0 Å². The largest absolute Gasteiger partial charge is 0.212 e. The van der Waals surface area contributed by atoms with Crippen molar-refractivity contribution >= 4 is 10.0 Å². The number of unbranched alkanes of at least 4 members (excludes halogenated alkanes) is 1. The van der Waals surface area contributed by atoms with Gasteiger partial charge in [-0.05, 0) is 31.1 Å². The highest BCUT2D eigenvalue weighted by Gasteiger charge is 2.37. The van der Waals surface area contributed by atoms with Crippen LogP contribution in [0, 0.1) is 11.8 Å². The molecular weight excluding hydrogens is 210 g/mol. The smallest absolute Gasteiger partial charge is 0.211 e. The lowest BCUT2D eigenvalue weighted by Gasteiger charge is -2.19. The van der Waals surface area contributed by atoms with Crippen LogP contribution in [0.25, 0.3) is 0 Å². The third-order valence-corrected chi connectivity index (χ3v) is 4.86. The van der Waals surface area contributed by atoms with Crippen LogP contribution in [0.3, 0.4) is 0 Å². The number of hydrogen-bond acceptors (Lipinski definition) is 2. The second-order valence-electron chi connectivity index (χ2n) is 4.68. The number of fused-ring (bicyclic) bond motifs is 2. The number of hydrogen-bond donors (Lipinski definition) is 1. The van der Waals surface area contributed by atoms with Crippen molar-refractivity contribution in [3.8, 4) is 0 Å². The lowest BCUT2D eigenvalue weighted by molar-refractivity contribution is 0.502. The molecule has 1 saturated carbocycles. The highest BCUT2D eigenvalue weighted by Crippen LogP contribution is 2.39. The van der Waals surface area contributed by atoms with E-state index in [1.807, 2.05) is 6.92 Å². The summed E-state index contributed by atoms with van der Waals surface area (Å²) in [6.07, 6.45) is 8.21. The molecule has 86 valence electrons. The molecule has 0 aromatic rings. The van der Waals surface area contributed by atoms with Gasteiger partial charge in [0, 0.05) is 6.04 Å². The summed E-state index contributed by atoms with van der Waals surface area (Å²) in [6.45, 7) is 2.01. The Morgan fingerprint density at radius 1 is 1.33 bits per heavy atom. The molecule has 2 aliphatic rings. The van der Waals surface area contributed by atoms with Gasteiger partial charge in [0.25, 0.3) is 0 Å². The van der Waals surface area contributed by atoms with Gasteiger partial charge in [0.15, 0.2) is 0 Å². The van der Waals surface area contributed by atoms with E-state index >= 15 is 0 Å². The molecule has 0 aromatic heterocycles. The van der Waals surface area contributed by atoms with Gasteiger partial charge in [-0.3, -0.25) is 0 Å². The van der Waals surface area contributed by atoms with Gasteiger partial charge < -0.3 is 0 Å². The maximum Gasteiger partial charge on any atom is 0.211 e. The Bertz CT molecular complexity index is 348. The molecule has 3 nitrogen and oxygen atoms in total. The van der Waals surface area contributed by atoms with E-state index in [4.69, 9.17) is 0 Å². The number of sulfonamides is 1. The first-order valence-electron chi connectivity index (χ1n) is 5.79. The summed E-state index contributed by atoms with van der Waals surface area (Å²) in [5.41, 5.74) is 0. The van der Waals surface area contributed by atoms with Gasteiger partial charge >= 0.3 is 0 Å². The minimum absolute atomic E-state index is 0.168. The Kier molecular flexibility index (Phi) is 3.16. The number of nitrogens with one attached hydrogen (secondary N) is 1. The van der Waals surface area contributed by atoms with E-state index in [0.29, 0.717) is 11.8 Å². The topological polar surface area (TPSA) is 46.2 Å². The van der Waals surface area contributed by atoms with Crippen LogP contribution in [0.4, 0.5) is 0 Å². The van der Waals surface area contributed by atoms with Crippen molar-refractivity contribution in [1.29, 1.82) is 0 Å². The molecule has 0 spiro atoms. The molecule has 0 heterocycles. The van der Waals surface area contributed by atoms with E-state index in [2.05, 4.69) is 16.9 Å². The molecule has 2 aliphatic carbocycles. The molecule has 0 aromatic carbocycles. The van der Waals surface area contributed by atoms with Gasteiger partial charge in [0.1, 0.15) is 0 Å². The molecule has 1 fully saturated rings. The summed E-state index contributed by atoms with van der Waals surface area (Å²) >= 11 is 0. The monoisotopic (exact) mass is 229 g/mol. The Balaban J connectivity index is 1.89. The fraction of sp³-hybridized carbons (Fsp3) is 0.818. The van der Waals surface area contributed by atoms with Crippen LogP contribution in [0.15, 0.2) is 12.2 Å². The van der Waals surface area contributed by atoms with Gasteiger partial charge in [0.05, 0.1) is 5.75 Å². The van der Waals surface area contributed by atoms with Gasteiger partial charge in [-0.2, -0.15) is 0 Å². The summed E-state index contributed by atoms with van der Waals surface area (Å²) in [5, 5.41) is 0. The van der Waals surface area contributed by atoms with E-state index in [1.165, 1.54) is 0 Å². The third-order valence-electron chi connectivity index (χ3n) is 3.38. The van der Waals surface area contributed by atoms with E-state index in [1.54, 1.807) is 0 Å². The van der Waals surface area contributed by atoms with Crippen LogP contribution in [-0.4, -0.2) is 20.2 Å². The molecule has 15 heavy (non-hydrogen) atoms. The Morgan fingerprint density at radius 2 is 2.13 bits per heavy atom. The Hall–Kier alpha value is -0.350. The van der Waals surface area contributed by atoms with E-state index in [-0.39, 0.29) is 11.8 Å². The maximum absolute atomic E-state index is 11.7. The third kappa shape index (κ3) is 2.61. The molecule has 0 amide bonds. The average molecular weight is 229 g/mol. The lowest BCUT2D eigenvalue weighted by atomic mass is 10.0. The molecule has 4 heteroatoms. The summed E-state index contributed by atoms with van der Waals surface area (Å²) in [4.78, 5) is 0. The fourth-order valence-corrected chi connectivity index (χ4v) is 4.06. The molecule has 0 radical (unpaired) electrons. The van der Waals surface area contributed by atoms with Crippen LogP contribution < -0.4 is 4.72 Å². The van der Waals surface area contributed by atoms with Crippen LogP contribution in [0.2, 0.25) is 0 Å². The molecule has 3 atom stereocenters. The molecule has 2 bridgehead atoms. The zero-order valence-electron chi connectivity index (χ0n) is 9.15. The maximum atomic E-state index is 11.7. The first-order valence-corrected chi connectivity index (χ1v) is 7.44. The highest BCUT2D eigenvalue weighted by molar-refractivity contribution is 7.89. The summed E-state index contributed by atoms with van der Waals surface area (Å²) < 4.78 is 26.2. The summed E-state index contributed by atoms with van der Waals surface area (Å²) in [6, 6.07) is 0.168. The van der Waals surface area contributed by atoms with Crippen LogP contribution in [0.1, 0.15) is 32.6 Å². The fourth-order valence-electron chi connectivity index (χ4n) is 2.54. The molecular formula is C11H19NO2S. The summed E-state index contributed by atoms with van der Waals surface area (Å²) in [7, 11) is -3.03. The van der Waals surface area contributed by atoms with Crippen LogP contribution >= 0.6 is 0 Å². The van der Waals surface area contributed by atoms with E-state index in [9.17, 15) is 8.42 Å². The predicted octanol–water partition coefficient (Wildman–Crippen LogP) is 1.67. The molecule has 0 saturated heterocycles. The predicted molar refractivity (Wildman–Crippen MR) is 61.0 cm³/mol. The number of allylic oxidation sites excluding steroid dienone is 1. The molecule has 2 rings (SSSR count). The van der Waals surface area contributed by atoms with Crippen molar-refractivity contribution < 1.29 is 8.42 Å². The standard InChI is InChI=1S/C11H19NO2S/c1-2-3-6-15(13,14)12-11-8-9-4-5-10(11)7-9/h4-5,9-12H,2-3,6-8H2,1H3. The van der Waals surface area contributed by atoms with Crippen LogP contribution in [-0.2, 0) is 10.0 Å². The minimum atomic E-state index is -3.03. The normalized spacial score (nSPS) is 33.8. The molecule has 0 aliphatic heterocycles. The van der Waals surface area contributed by atoms with Crippen molar-refractivity contribution in [2.45, 2.75) is 38.6 Å². The number of rotatable bonds is 5. The van der Waals surface area contributed by atoms with E-state index < -0.39 is 10.0 Å². The van der Waals surface area contributed by atoms with Gasteiger partial charge in [-0.15, -0.1) is 0 Å². The Labute approximate surface area is 92.0 Å². The van der Waals surface area contributed by atoms with Crippen molar-refractivity contribution in [3.05, 3.63) is 12.2 Å². The Morgan fingerprint density at radius 3 is 2.67 bits per heavy atom.